The smallest absolute Gasteiger partial charge is 0.244 e. The van der Waals surface area contributed by atoms with E-state index in [2.05, 4.69) is 5.32 Å². The van der Waals surface area contributed by atoms with Crippen molar-refractivity contribution in [1.29, 1.82) is 0 Å². The third kappa shape index (κ3) is 4.82. The molecule has 1 N–H and O–H groups in total. The number of nitrogens with one attached hydrogen (secondary N) is 1. The number of hydrogen-bond donors (Lipinski definition) is 1. The highest BCUT2D eigenvalue weighted by Crippen LogP contribution is 2.23. The summed E-state index contributed by atoms with van der Waals surface area (Å²) in [5, 5.41) is 2.82. The van der Waals surface area contributed by atoms with Gasteiger partial charge in [-0.15, -0.1) is 0 Å². The average molecular weight is 378 g/mol. The molecule has 0 aliphatic carbocycles. The van der Waals surface area contributed by atoms with Gasteiger partial charge in [0.2, 0.25) is 15.9 Å². The Morgan fingerprint density at radius 1 is 1.12 bits per heavy atom. The van der Waals surface area contributed by atoms with Crippen LogP contribution >= 0.6 is 0 Å². The molecule has 0 aromatic heterocycles. The van der Waals surface area contributed by atoms with Crippen LogP contribution in [0.1, 0.15) is 31.9 Å². The van der Waals surface area contributed by atoms with Crippen LogP contribution in [0.5, 0.6) is 0 Å². The van der Waals surface area contributed by atoms with E-state index in [0.717, 1.165) is 16.1 Å². The van der Waals surface area contributed by atoms with Crippen molar-refractivity contribution in [2.75, 3.05) is 10.6 Å². The number of para-hydroxylation sites is 1. The van der Waals surface area contributed by atoms with Gasteiger partial charge < -0.3 is 5.32 Å². The van der Waals surface area contributed by atoms with E-state index < -0.39 is 22.0 Å². The molecule has 0 spiro atoms. The second-order valence-electron chi connectivity index (χ2n) is 6.10. The Kier molecular flexibility index (Phi) is 6.37. The summed E-state index contributed by atoms with van der Waals surface area (Å²) in [6.07, 6.45) is 1.39. The zero-order chi connectivity index (χ0) is 19.3. The first kappa shape index (κ1) is 19.9. The van der Waals surface area contributed by atoms with Gasteiger partial charge >= 0.3 is 0 Å². The summed E-state index contributed by atoms with van der Waals surface area (Å²) in [6.45, 7) is 3.53. The first-order valence-corrected chi connectivity index (χ1v) is 10.2. The Labute approximate surface area is 153 Å². The minimum Gasteiger partial charge on any atom is -0.348 e. The van der Waals surface area contributed by atoms with Crippen molar-refractivity contribution in [1.82, 2.24) is 5.32 Å². The van der Waals surface area contributed by atoms with Gasteiger partial charge in [0.1, 0.15) is 11.9 Å². The maximum absolute atomic E-state index is 13.1. The van der Waals surface area contributed by atoms with Crippen LogP contribution in [0.2, 0.25) is 0 Å². The Bertz CT molecular complexity index is 839. The van der Waals surface area contributed by atoms with Gasteiger partial charge in [0.05, 0.1) is 18.0 Å². The van der Waals surface area contributed by atoms with E-state index in [4.69, 9.17) is 0 Å². The highest BCUT2D eigenvalue weighted by atomic mass is 32.2. The van der Waals surface area contributed by atoms with E-state index in [1.54, 1.807) is 56.3 Å². The lowest BCUT2D eigenvalue weighted by Gasteiger charge is -2.31. The zero-order valence-electron chi connectivity index (χ0n) is 15.0. The molecule has 0 saturated heterocycles. The lowest BCUT2D eigenvalue weighted by Crippen LogP contribution is -2.49. The van der Waals surface area contributed by atoms with Gasteiger partial charge in [-0.2, -0.15) is 0 Å². The molecular weight excluding hydrogens is 355 g/mol. The normalized spacial score (nSPS) is 13.7. The van der Waals surface area contributed by atoms with Crippen molar-refractivity contribution in [3.8, 4) is 0 Å². The first-order chi connectivity index (χ1) is 12.2. The summed E-state index contributed by atoms with van der Waals surface area (Å²) in [4.78, 5) is 12.8. The molecule has 0 radical (unpaired) electrons. The topological polar surface area (TPSA) is 66.5 Å². The summed E-state index contributed by atoms with van der Waals surface area (Å²) >= 11 is 0. The van der Waals surface area contributed by atoms with Crippen LogP contribution in [-0.4, -0.2) is 26.6 Å². The number of benzene rings is 2. The second kappa shape index (κ2) is 8.31. The van der Waals surface area contributed by atoms with Gasteiger partial charge in [-0.3, -0.25) is 9.10 Å². The van der Waals surface area contributed by atoms with Crippen molar-refractivity contribution in [2.45, 2.75) is 32.4 Å². The van der Waals surface area contributed by atoms with Crippen molar-refractivity contribution < 1.29 is 17.6 Å². The van der Waals surface area contributed by atoms with Gasteiger partial charge in [-0.05, 0) is 43.2 Å². The van der Waals surface area contributed by atoms with Crippen LogP contribution in [0.15, 0.2) is 54.6 Å². The van der Waals surface area contributed by atoms with Crippen molar-refractivity contribution in [3.05, 3.63) is 66.0 Å². The van der Waals surface area contributed by atoms with Gasteiger partial charge in [-0.1, -0.05) is 37.3 Å². The number of anilines is 1. The number of rotatable bonds is 7. The third-order valence-electron chi connectivity index (χ3n) is 4.07. The summed E-state index contributed by atoms with van der Waals surface area (Å²) in [7, 11) is -3.66. The van der Waals surface area contributed by atoms with Gasteiger partial charge in [-0.25, -0.2) is 12.8 Å². The Morgan fingerprint density at radius 2 is 1.69 bits per heavy atom. The van der Waals surface area contributed by atoms with Gasteiger partial charge in [0, 0.05) is 0 Å². The summed E-state index contributed by atoms with van der Waals surface area (Å²) in [6, 6.07) is 13.1. The van der Waals surface area contributed by atoms with Crippen molar-refractivity contribution >= 4 is 21.6 Å². The summed E-state index contributed by atoms with van der Waals surface area (Å²) < 4.78 is 38.9. The van der Waals surface area contributed by atoms with E-state index in [1.807, 2.05) is 0 Å². The Hall–Kier alpha value is -2.41. The van der Waals surface area contributed by atoms with Crippen LogP contribution in [0.25, 0.3) is 0 Å². The Morgan fingerprint density at radius 3 is 2.19 bits per heavy atom. The summed E-state index contributed by atoms with van der Waals surface area (Å²) in [5.74, 6) is -0.760. The van der Waals surface area contributed by atoms with Crippen LogP contribution < -0.4 is 9.62 Å². The van der Waals surface area contributed by atoms with Crippen molar-refractivity contribution in [3.63, 3.8) is 0 Å². The van der Waals surface area contributed by atoms with E-state index in [0.29, 0.717) is 12.1 Å². The molecule has 2 atom stereocenters. The van der Waals surface area contributed by atoms with Gasteiger partial charge in [0.15, 0.2) is 0 Å². The van der Waals surface area contributed by atoms with E-state index in [9.17, 15) is 17.6 Å². The van der Waals surface area contributed by atoms with E-state index >= 15 is 0 Å². The predicted octanol–water partition coefficient (Wildman–Crippen LogP) is 3.25. The van der Waals surface area contributed by atoms with Crippen LogP contribution in [-0.2, 0) is 14.8 Å². The molecule has 5 nitrogen and oxygen atoms in total. The lowest BCUT2D eigenvalue weighted by molar-refractivity contribution is -0.122. The molecule has 0 aliphatic heterocycles. The fourth-order valence-corrected chi connectivity index (χ4v) is 3.99. The molecule has 140 valence electrons. The molecule has 7 heteroatoms. The fourth-order valence-electron chi connectivity index (χ4n) is 2.78. The zero-order valence-corrected chi connectivity index (χ0v) is 15.8. The predicted molar refractivity (Wildman–Crippen MR) is 101 cm³/mol. The molecule has 0 heterocycles. The molecular formula is C19H23FN2O3S. The van der Waals surface area contributed by atoms with Crippen LogP contribution in [0.4, 0.5) is 10.1 Å². The fraction of sp³-hybridized carbons (Fsp3) is 0.316. The largest absolute Gasteiger partial charge is 0.348 e. The van der Waals surface area contributed by atoms with Crippen LogP contribution in [0.3, 0.4) is 0 Å². The maximum Gasteiger partial charge on any atom is 0.244 e. The molecule has 2 rings (SSSR count). The number of hydrogen-bond acceptors (Lipinski definition) is 3. The number of sulfonamides is 1. The Balaban J connectivity index is 2.26. The lowest BCUT2D eigenvalue weighted by atomic mass is 10.1. The van der Waals surface area contributed by atoms with Crippen LogP contribution in [0, 0.1) is 5.82 Å². The second-order valence-corrected chi connectivity index (χ2v) is 7.96. The van der Waals surface area contributed by atoms with E-state index in [-0.39, 0.29) is 11.9 Å². The number of amides is 1. The first-order valence-electron chi connectivity index (χ1n) is 8.34. The molecule has 0 aliphatic rings. The molecule has 26 heavy (non-hydrogen) atoms. The standard InChI is InChI=1S/C19H23FN2O3S/c1-4-18(22(26(3,24)25)17-8-6-5-7-9-17)19(23)21-14(2)15-10-12-16(20)13-11-15/h5-14,18H,4H2,1-3H3,(H,21,23). The minimum atomic E-state index is -3.66. The molecule has 0 bridgehead atoms. The maximum atomic E-state index is 13.1. The molecule has 0 saturated carbocycles. The van der Waals surface area contributed by atoms with E-state index in [1.165, 1.54) is 12.1 Å². The molecule has 1 amide bonds. The number of halogens is 1. The number of nitrogens with zero attached hydrogens (tertiary/aromatic N) is 1. The highest BCUT2D eigenvalue weighted by molar-refractivity contribution is 7.92. The quantitative estimate of drug-likeness (QED) is 0.804. The molecule has 0 fully saturated rings. The highest BCUT2D eigenvalue weighted by Gasteiger charge is 2.32. The van der Waals surface area contributed by atoms with Gasteiger partial charge in [0.25, 0.3) is 0 Å². The number of carbonyl (C=O) groups is 1. The third-order valence-corrected chi connectivity index (χ3v) is 5.25. The molecule has 2 unspecified atom stereocenters. The minimum absolute atomic E-state index is 0.309. The summed E-state index contributed by atoms with van der Waals surface area (Å²) in [5.41, 5.74) is 1.17. The van der Waals surface area contributed by atoms with Crippen molar-refractivity contribution in [2.24, 2.45) is 0 Å². The number of carbonyl (C=O) groups excluding carboxylic acids is 1. The molecule has 2 aromatic carbocycles. The SMILES string of the molecule is CCC(C(=O)NC(C)c1ccc(F)cc1)N(c1ccccc1)S(C)(=O)=O. The molecule has 2 aromatic rings. The monoisotopic (exact) mass is 378 g/mol. The average Bonchev–Trinajstić information content (AvgIpc) is 2.59.